The summed E-state index contributed by atoms with van der Waals surface area (Å²) >= 11 is 0. The molecular formula is C15H24N2. The van der Waals surface area contributed by atoms with Gasteiger partial charge in [-0.1, -0.05) is 37.6 Å². The minimum atomic E-state index is 0.668. The number of unbranched alkanes of at least 4 members (excludes halogenated alkanes) is 1. The van der Waals surface area contributed by atoms with Crippen LogP contribution in [0.3, 0.4) is 0 Å². The van der Waals surface area contributed by atoms with Crippen molar-refractivity contribution in [2.75, 3.05) is 20.1 Å². The average molecular weight is 232 g/mol. The van der Waals surface area contributed by atoms with Crippen molar-refractivity contribution in [2.24, 2.45) is 0 Å². The van der Waals surface area contributed by atoms with E-state index < -0.39 is 0 Å². The molecule has 17 heavy (non-hydrogen) atoms. The number of hydrogen-bond donors (Lipinski definition) is 1. The monoisotopic (exact) mass is 232 g/mol. The third-order valence-corrected chi connectivity index (χ3v) is 3.70. The van der Waals surface area contributed by atoms with E-state index in [0.717, 1.165) is 13.1 Å². The Hall–Kier alpha value is -0.860. The summed E-state index contributed by atoms with van der Waals surface area (Å²) < 4.78 is 0. The quantitative estimate of drug-likeness (QED) is 0.839. The van der Waals surface area contributed by atoms with Gasteiger partial charge in [-0.25, -0.2) is 0 Å². The Kier molecular flexibility index (Phi) is 4.57. The molecule has 0 aliphatic carbocycles. The van der Waals surface area contributed by atoms with E-state index >= 15 is 0 Å². The number of hydrogen-bond acceptors (Lipinski definition) is 2. The van der Waals surface area contributed by atoms with Crippen LogP contribution in [0.15, 0.2) is 24.3 Å². The second-order valence-electron chi connectivity index (χ2n) is 5.01. The van der Waals surface area contributed by atoms with Crippen molar-refractivity contribution in [3.05, 3.63) is 35.4 Å². The van der Waals surface area contributed by atoms with Gasteiger partial charge in [0.05, 0.1) is 0 Å². The van der Waals surface area contributed by atoms with Crippen molar-refractivity contribution < 1.29 is 0 Å². The van der Waals surface area contributed by atoms with Crippen molar-refractivity contribution in [1.82, 2.24) is 10.2 Å². The Morgan fingerprint density at radius 1 is 1.29 bits per heavy atom. The summed E-state index contributed by atoms with van der Waals surface area (Å²) in [5, 5.41) is 3.33. The highest BCUT2D eigenvalue weighted by Crippen LogP contribution is 2.23. The lowest BCUT2D eigenvalue weighted by Gasteiger charge is -2.37. The van der Waals surface area contributed by atoms with Crippen LogP contribution >= 0.6 is 0 Å². The Labute approximate surface area is 105 Å². The smallest absolute Gasteiger partial charge is 0.0264 e. The second kappa shape index (κ2) is 6.18. The fraction of sp³-hybridized carbons (Fsp3) is 0.600. The predicted octanol–water partition coefficient (Wildman–Crippen LogP) is 2.43. The summed E-state index contributed by atoms with van der Waals surface area (Å²) in [4.78, 5) is 2.64. The van der Waals surface area contributed by atoms with Crippen molar-refractivity contribution in [1.29, 1.82) is 0 Å². The lowest BCUT2D eigenvalue weighted by atomic mass is 9.93. The molecule has 94 valence electrons. The first-order valence-electron chi connectivity index (χ1n) is 6.80. The Morgan fingerprint density at radius 2 is 2.06 bits per heavy atom. The molecule has 0 bridgehead atoms. The maximum Gasteiger partial charge on any atom is 0.0264 e. The predicted molar refractivity (Wildman–Crippen MR) is 73.2 cm³/mol. The van der Waals surface area contributed by atoms with Crippen LogP contribution in [-0.4, -0.2) is 31.1 Å². The molecule has 1 unspecified atom stereocenters. The molecule has 2 heteroatoms. The lowest BCUT2D eigenvalue weighted by molar-refractivity contribution is 0.167. The molecule has 1 atom stereocenters. The SMILES string of the molecule is CCCCN1Cc2ccccc2CC1CNC. The summed E-state index contributed by atoms with van der Waals surface area (Å²) in [7, 11) is 2.05. The largest absolute Gasteiger partial charge is 0.318 e. The normalized spacial score (nSPS) is 20.2. The van der Waals surface area contributed by atoms with Gasteiger partial charge in [0.1, 0.15) is 0 Å². The first kappa shape index (κ1) is 12.6. The van der Waals surface area contributed by atoms with Gasteiger partial charge in [-0.05, 0) is 37.6 Å². The zero-order chi connectivity index (χ0) is 12.1. The summed E-state index contributed by atoms with van der Waals surface area (Å²) in [6, 6.07) is 9.56. The molecule has 0 aromatic heterocycles. The molecule has 0 saturated carbocycles. The molecule has 1 aliphatic rings. The molecule has 1 heterocycles. The van der Waals surface area contributed by atoms with Gasteiger partial charge in [-0.3, -0.25) is 4.90 Å². The van der Waals surface area contributed by atoms with E-state index in [9.17, 15) is 0 Å². The van der Waals surface area contributed by atoms with Gasteiger partial charge in [0.2, 0.25) is 0 Å². The van der Waals surface area contributed by atoms with Gasteiger partial charge < -0.3 is 5.32 Å². The molecule has 1 N–H and O–H groups in total. The van der Waals surface area contributed by atoms with Crippen LogP contribution in [0.5, 0.6) is 0 Å². The van der Waals surface area contributed by atoms with Gasteiger partial charge in [0.25, 0.3) is 0 Å². The highest BCUT2D eigenvalue weighted by atomic mass is 15.2. The van der Waals surface area contributed by atoms with Crippen LogP contribution < -0.4 is 5.32 Å². The molecule has 1 aromatic rings. The number of likely N-dealkylation sites (N-methyl/N-ethyl adjacent to an activating group) is 1. The Morgan fingerprint density at radius 3 is 2.76 bits per heavy atom. The van der Waals surface area contributed by atoms with E-state index in [1.54, 1.807) is 5.56 Å². The minimum Gasteiger partial charge on any atom is -0.318 e. The molecule has 2 rings (SSSR count). The fourth-order valence-electron chi connectivity index (χ4n) is 2.70. The van der Waals surface area contributed by atoms with Crippen molar-refractivity contribution in [3.63, 3.8) is 0 Å². The zero-order valence-corrected chi connectivity index (χ0v) is 11.1. The van der Waals surface area contributed by atoms with Gasteiger partial charge in [-0.15, -0.1) is 0 Å². The highest BCUT2D eigenvalue weighted by Gasteiger charge is 2.24. The molecule has 2 nitrogen and oxygen atoms in total. The molecule has 0 amide bonds. The molecule has 0 radical (unpaired) electrons. The molecule has 1 aromatic carbocycles. The number of fused-ring (bicyclic) bond motifs is 1. The zero-order valence-electron chi connectivity index (χ0n) is 11.1. The average Bonchev–Trinajstić information content (AvgIpc) is 2.36. The van der Waals surface area contributed by atoms with E-state index in [-0.39, 0.29) is 0 Å². The van der Waals surface area contributed by atoms with Crippen LogP contribution in [-0.2, 0) is 13.0 Å². The number of rotatable bonds is 5. The fourth-order valence-corrected chi connectivity index (χ4v) is 2.70. The maximum atomic E-state index is 3.33. The van der Waals surface area contributed by atoms with Crippen LogP contribution in [0, 0.1) is 0 Å². The summed E-state index contributed by atoms with van der Waals surface area (Å²) in [5.74, 6) is 0. The molecule has 1 aliphatic heterocycles. The topological polar surface area (TPSA) is 15.3 Å². The molecule has 0 saturated heterocycles. The summed E-state index contributed by atoms with van der Waals surface area (Å²) in [5.41, 5.74) is 3.07. The Bertz CT molecular complexity index is 349. The Balaban J connectivity index is 2.09. The van der Waals surface area contributed by atoms with E-state index in [2.05, 4.69) is 48.5 Å². The van der Waals surface area contributed by atoms with Gasteiger partial charge in [-0.2, -0.15) is 0 Å². The van der Waals surface area contributed by atoms with Crippen LogP contribution in [0.25, 0.3) is 0 Å². The highest BCUT2D eigenvalue weighted by molar-refractivity contribution is 5.30. The maximum absolute atomic E-state index is 3.33. The van der Waals surface area contributed by atoms with Crippen molar-refractivity contribution in [2.45, 2.75) is 38.8 Å². The van der Waals surface area contributed by atoms with E-state index in [0.29, 0.717) is 6.04 Å². The first-order valence-corrected chi connectivity index (χ1v) is 6.80. The van der Waals surface area contributed by atoms with Gasteiger partial charge in [0, 0.05) is 19.1 Å². The van der Waals surface area contributed by atoms with Gasteiger partial charge in [0.15, 0.2) is 0 Å². The van der Waals surface area contributed by atoms with E-state index in [1.807, 2.05) is 0 Å². The number of nitrogens with zero attached hydrogens (tertiary/aromatic N) is 1. The molecule has 0 spiro atoms. The number of nitrogens with one attached hydrogen (secondary N) is 1. The van der Waals surface area contributed by atoms with Gasteiger partial charge >= 0.3 is 0 Å². The molecular weight excluding hydrogens is 208 g/mol. The lowest BCUT2D eigenvalue weighted by Crippen LogP contribution is -2.46. The van der Waals surface area contributed by atoms with Crippen LogP contribution in [0.2, 0.25) is 0 Å². The van der Waals surface area contributed by atoms with E-state index in [1.165, 1.54) is 31.4 Å². The first-order chi connectivity index (χ1) is 8.35. The van der Waals surface area contributed by atoms with E-state index in [4.69, 9.17) is 0 Å². The van der Waals surface area contributed by atoms with Crippen LogP contribution in [0.1, 0.15) is 30.9 Å². The molecule has 0 fully saturated rings. The van der Waals surface area contributed by atoms with Crippen LogP contribution in [0.4, 0.5) is 0 Å². The third kappa shape index (κ3) is 3.08. The van der Waals surface area contributed by atoms with Crippen molar-refractivity contribution in [3.8, 4) is 0 Å². The number of benzene rings is 1. The third-order valence-electron chi connectivity index (χ3n) is 3.70. The standard InChI is InChI=1S/C15H24N2/c1-3-4-9-17-12-14-8-6-5-7-13(14)10-15(17)11-16-2/h5-8,15-16H,3-4,9-12H2,1-2H3. The summed E-state index contributed by atoms with van der Waals surface area (Å²) in [6.45, 7) is 5.72. The summed E-state index contributed by atoms with van der Waals surface area (Å²) in [6.07, 6.45) is 3.79. The van der Waals surface area contributed by atoms with Crippen molar-refractivity contribution >= 4 is 0 Å². The minimum absolute atomic E-state index is 0.668. The second-order valence-corrected chi connectivity index (χ2v) is 5.01.